The van der Waals surface area contributed by atoms with Gasteiger partial charge in [0.25, 0.3) is 5.91 Å². The van der Waals surface area contributed by atoms with Crippen molar-refractivity contribution in [1.29, 1.82) is 0 Å². The number of nitrogens with zero attached hydrogens (tertiary/aromatic N) is 2. The minimum Gasteiger partial charge on any atom is -0.393 e. The number of likely N-dealkylation sites (N-methyl/N-ethyl adjacent to an activating group) is 1. The third-order valence-electron chi connectivity index (χ3n) is 3.93. The molecule has 1 saturated heterocycles. The Labute approximate surface area is 132 Å². The van der Waals surface area contributed by atoms with Crippen molar-refractivity contribution in [3.8, 4) is 0 Å². The molecule has 0 aromatic heterocycles. The lowest BCUT2D eigenvalue weighted by atomic mass is 10.1. The van der Waals surface area contributed by atoms with E-state index in [-0.39, 0.29) is 5.91 Å². The Morgan fingerprint density at radius 3 is 2.86 bits per heavy atom. The number of hydrogen-bond acceptors (Lipinski definition) is 4. The summed E-state index contributed by atoms with van der Waals surface area (Å²) in [5.74, 6) is -0.00147. The van der Waals surface area contributed by atoms with Crippen LogP contribution in [0.25, 0.3) is 0 Å². The van der Waals surface area contributed by atoms with E-state index in [0.29, 0.717) is 26.1 Å². The summed E-state index contributed by atoms with van der Waals surface area (Å²) in [7, 11) is 1.77. The minimum absolute atomic E-state index is 0.00147. The van der Waals surface area contributed by atoms with Crippen LogP contribution in [0.15, 0.2) is 30.3 Å². The number of carbonyl (C=O) groups excluding carboxylic acids is 1. The molecule has 22 heavy (non-hydrogen) atoms. The molecule has 5 nitrogen and oxygen atoms in total. The molecule has 122 valence electrons. The van der Waals surface area contributed by atoms with Crippen LogP contribution in [-0.2, 0) is 16.1 Å². The lowest BCUT2D eigenvalue weighted by molar-refractivity contribution is -0.148. The predicted molar refractivity (Wildman–Crippen MR) is 85.4 cm³/mol. The number of rotatable bonds is 6. The van der Waals surface area contributed by atoms with Crippen molar-refractivity contribution in [2.24, 2.45) is 0 Å². The van der Waals surface area contributed by atoms with E-state index in [1.165, 1.54) is 5.56 Å². The average molecular weight is 306 g/mol. The van der Waals surface area contributed by atoms with Gasteiger partial charge in [0.05, 0.1) is 12.7 Å². The Morgan fingerprint density at radius 1 is 1.45 bits per heavy atom. The highest BCUT2D eigenvalue weighted by atomic mass is 16.5. The lowest BCUT2D eigenvalue weighted by Crippen LogP contribution is -2.50. The van der Waals surface area contributed by atoms with Gasteiger partial charge in [0.2, 0.25) is 0 Å². The number of aliphatic hydroxyl groups excluding tert-OH is 1. The third-order valence-corrected chi connectivity index (χ3v) is 3.93. The summed E-state index contributed by atoms with van der Waals surface area (Å²) in [6, 6.07) is 10.3. The molecule has 2 unspecified atom stereocenters. The summed E-state index contributed by atoms with van der Waals surface area (Å²) in [5, 5.41) is 9.32. The molecular formula is C17H26N2O3. The van der Waals surface area contributed by atoms with Crippen LogP contribution >= 0.6 is 0 Å². The van der Waals surface area contributed by atoms with Crippen LogP contribution in [0.2, 0.25) is 0 Å². The van der Waals surface area contributed by atoms with Gasteiger partial charge in [-0.1, -0.05) is 30.3 Å². The van der Waals surface area contributed by atoms with Crippen LogP contribution in [0.3, 0.4) is 0 Å². The average Bonchev–Trinajstić information content (AvgIpc) is 2.53. The maximum absolute atomic E-state index is 12.4. The number of hydrogen-bond donors (Lipinski definition) is 1. The molecule has 0 saturated carbocycles. The smallest absolute Gasteiger partial charge is 0.252 e. The summed E-state index contributed by atoms with van der Waals surface area (Å²) in [6.07, 6.45) is -0.212. The first kappa shape index (κ1) is 16.9. The van der Waals surface area contributed by atoms with Gasteiger partial charge in [0.1, 0.15) is 6.10 Å². The Morgan fingerprint density at radius 2 is 2.18 bits per heavy atom. The van der Waals surface area contributed by atoms with Crippen LogP contribution in [0.4, 0.5) is 0 Å². The maximum atomic E-state index is 12.4. The van der Waals surface area contributed by atoms with Crippen molar-refractivity contribution in [3.63, 3.8) is 0 Å². The van der Waals surface area contributed by atoms with E-state index in [4.69, 9.17) is 4.74 Å². The number of aliphatic hydroxyl groups is 1. The molecule has 2 rings (SSSR count). The molecular weight excluding hydrogens is 280 g/mol. The van der Waals surface area contributed by atoms with Crippen LogP contribution < -0.4 is 0 Å². The fourth-order valence-corrected chi connectivity index (χ4v) is 2.57. The first-order valence-corrected chi connectivity index (χ1v) is 7.87. The fourth-order valence-electron chi connectivity index (χ4n) is 2.57. The van der Waals surface area contributed by atoms with Crippen molar-refractivity contribution in [3.05, 3.63) is 35.9 Å². The summed E-state index contributed by atoms with van der Waals surface area (Å²) in [4.78, 5) is 16.3. The monoisotopic (exact) mass is 306 g/mol. The number of amides is 1. The van der Waals surface area contributed by atoms with E-state index in [0.717, 1.165) is 13.1 Å². The first-order valence-electron chi connectivity index (χ1n) is 7.87. The summed E-state index contributed by atoms with van der Waals surface area (Å²) < 4.78 is 5.64. The molecule has 1 N–H and O–H groups in total. The van der Waals surface area contributed by atoms with Gasteiger partial charge < -0.3 is 14.7 Å². The fraction of sp³-hybridized carbons (Fsp3) is 0.588. The van der Waals surface area contributed by atoms with Crippen molar-refractivity contribution >= 4 is 5.91 Å². The number of benzene rings is 1. The topological polar surface area (TPSA) is 53.0 Å². The molecule has 2 atom stereocenters. The second kappa shape index (κ2) is 8.27. The van der Waals surface area contributed by atoms with E-state index in [1.807, 2.05) is 18.2 Å². The molecule has 1 aliphatic rings. The molecule has 1 aliphatic heterocycles. The SMILES string of the molecule is CC(O)CCN(C)C(=O)C1CN(Cc2ccccc2)CCO1. The summed E-state index contributed by atoms with van der Waals surface area (Å²) in [5.41, 5.74) is 1.25. The number of morpholine rings is 1. The predicted octanol–water partition coefficient (Wildman–Crippen LogP) is 1.12. The normalized spacial score (nSPS) is 20.6. The zero-order valence-electron chi connectivity index (χ0n) is 13.4. The van der Waals surface area contributed by atoms with E-state index >= 15 is 0 Å². The largest absolute Gasteiger partial charge is 0.393 e. The van der Waals surface area contributed by atoms with Crippen LogP contribution in [0.1, 0.15) is 18.9 Å². The van der Waals surface area contributed by atoms with E-state index < -0.39 is 12.2 Å². The van der Waals surface area contributed by atoms with Gasteiger partial charge in [-0.3, -0.25) is 9.69 Å². The van der Waals surface area contributed by atoms with Crippen LogP contribution in [-0.4, -0.2) is 66.3 Å². The second-order valence-electron chi connectivity index (χ2n) is 5.98. The molecule has 0 spiro atoms. The molecule has 1 heterocycles. The minimum atomic E-state index is -0.406. The quantitative estimate of drug-likeness (QED) is 0.856. The zero-order chi connectivity index (χ0) is 15.9. The standard InChI is InChI=1S/C17H26N2O3/c1-14(20)8-9-18(2)17(21)16-13-19(10-11-22-16)12-15-6-4-3-5-7-15/h3-7,14,16,20H,8-13H2,1-2H3. The molecule has 1 amide bonds. The van der Waals surface area contributed by atoms with Gasteiger partial charge in [0, 0.05) is 33.2 Å². The zero-order valence-corrected chi connectivity index (χ0v) is 13.4. The van der Waals surface area contributed by atoms with E-state index in [2.05, 4.69) is 17.0 Å². The van der Waals surface area contributed by atoms with Gasteiger partial charge in [0.15, 0.2) is 0 Å². The van der Waals surface area contributed by atoms with E-state index in [9.17, 15) is 9.90 Å². The van der Waals surface area contributed by atoms with Crippen molar-refractivity contribution in [2.45, 2.75) is 32.1 Å². The van der Waals surface area contributed by atoms with E-state index in [1.54, 1.807) is 18.9 Å². The Hall–Kier alpha value is -1.43. The molecule has 1 fully saturated rings. The van der Waals surface area contributed by atoms with Gasteiger partial charge in [-0.25, -0.2) is 0 Å². The highest BCUT2D eigenvalue weighted by Gasteiger charge is 2.28. The summed E-state index contributed by atoms with van der Waals surface area (Å²) in [6.45, 7) is 5.16. The van der Waals surface area contributed by atoms with Gasteiger partial charge in [-0.2, -0.15) is 0 Å². The molecule has 5 heteroatoms. The Bertz CT molecular complexity index is 464. The molecule has 0 aliphatic carbocycles. The number of ether oxygens (including phenoxy) is 1. The Balaban J connectivity index is 1.85. The lowest BCUT2D eigenvalue weighted by Gasteiger charge is -2.34. The van der Waals surface area contributed by atoms with Gasteiger partial charge in [-0.15, -0.1) is 0 Å². The molecule has 1 aromatic carbocycles. The third kappa shape index (κ3) is 5.09. The maximum Gasteiger partial charge on any atom is 0.252 e. The molecule has 1 aromatic rings. The van der Waals surface area contributed by atoms with Crippen molar-refractivity contribution in [1.82, 2.24) is 9.80 Å². The highest BCUT2D eigenvalue weighted by molar-refractivity contribution is 5.81. The molecule has 0 bridgehead atoms. The summed E-state index contributed by atoms with van der Waals surface area (Å²) >= 11 is 0. The van der Waals surface area contributed by atoms with Crippen LogP contribution in [0.5, 0.6) is 0 Å². The van der Waals surface area contributed by atoms with Crippen molar-refractivity contribution in [2.75, 3.05) is 33.3 Å². The van der Waals surface area contributed by atoms with Gasteiger partial charge >= 0.3 is 0 Å². The Kier molecular flexibility index (Phi) is 6.36. The highest BCUT2D eigenvalue weighted by Crippen LogP contribution is 2.12. The second-order valence-corrected chi connectivity index (χ2v) is 5.98. The first-order chi connectivity index (χ1) is 10.6. The number of carbonyl (C=O) groups is 1. The molecule has 0 radical (unpaired) electrons. The van der Waals surface area contributed by atoms with Gasteiger partial charge in [-0.05, 0) is 18.9 Å². The van der Waals surface area contributed by atoms with Crippen molar-refractivity contribution < 1.29 is 14.6 Å². The van der Waals surface area contributed by atoms with Crippen LogP contribution in [0, 0.1) is 0 Å².